The minimum Gasteiger partial charge on any atom is -0.481 e. The van der Waals surface area contributed by atoms with Gasteiger partial charge in [0.2, 0.25) is 0 Å². The Kier molecular flexibility index (Phi) is 4.35. The van der Waals surface area contributed by atoms with Crippen LogP contribution in [0.15, 0.2) is 18.2 Å². The molecule has 0 saturated carbocycles. The molecule has 1 aromatic carbocycles. The van der Waals surface area contributed by atoms with Crippen LogP contribution in [0, 0.1) is 19.8 Å². The molecule has 0 radical (unpaired) electrons. The molecule has 1 rings (SSSR count). The zero-order valence-corrected chi connectivity index (χ0v) is 10.1. The van der Waals surface area contributed by atoms with Gasteiger partial charge in [-0.1, -0.05) is 25.1 Å². The molecule has 0 aliphatic rings. The van der Waals surface area contributed by atoms with Crippen LogP contribution in [0.3, 0.4) is 0 Å². The first-order valence-electron chi connectivity index (χ1n) is 5.55. The van der Waals surface area contributed by atoms with Gasteiger partial charge in [-0.05, 0) is 31.4 Å². The standard InChI is InChI=1S/C13H19NO2/c1-9-5-4-6-10(2)12(9)14-8-7-11(3)13(15)16/h4-6,11,14H,7-8H2,1-3H3,(H,15,16). The summed E-state index contributed by atoms with van der Waals surface area (Å²) in [5.41, 5.74) is 3.52. The Morgan fingerprint density at radius 3 is 2.44 bits per heavy atom. The molecule has 1 aromatic rings. The molecule has 3 nitrogen and oxygen atoms in total. The average Bonchev–Trinajstić information content (AvgIpc) is 2.22. The van der Waals surface area contributed by atoms with Crippen LogP contribution in [-0.4, -0.2) is 17.6 Å². The van der Waals surface area contributed by atoms with Gasteiger partial charge in [0.05, 0.1) is 5.92 Å². The third kappa shape index (κ3) is 3.26. The van der Waals surface area contributed by atoms with E-state index >= 15 is 0 Å². The van der Waals surface area contributed by atoms with E-state index in [2.05, 4.69) is 31.3 Å². The topological polar surface area (TPSA) is 49.3 Å². The van der Waals surface area contributed by atoms with Gasteiger partial charge in [0.15, 0.2) is 0 Å². The van der Waals surface area contributed by atoms with E-state index in [1.54, 1.807) is 6.92 Å². The molecule has 0 aliphatic carbocycles. The third-order valence-corrected chi connectivity index (χ3v) is 2.78. The molecular formula is C13H19NO2. The van der Waals surface area contributed by atoms with Crippen molar-refractivity contribution < 1.29 is 9.90 Å². The minimum atomic E-state index is -0.733. The Morgan fingerprint density at radius 2 is 1.94 bits per heavy atom. The molecule has 2 N–H and O–H groups in total. The van der Waals surface area contributed by atoms with Gasteiger partial charge < -0.3 is 10.4 Å². The first kappa shape index (κ1) is 12.6. The van der Waals surface area contributed by atoms with Gasteiger partial charge in [0.1, 0.15) is 0 Å². The summed E-state index contributed by atoms with van der Waals surface area (Å²) >= 11 is 0. The molecule has 0 aliphatic heterocycles. The first-order valence-corrected chi connectivity index (χ1v) is 5.55. The van der Waals surface area contributed by atoms with Gasteiger partial charge in [0.25, 0.3) is 0 Å². The number of hydrogen-bond donors (Lipinski definition) is 2. The van der Waals surface area contributed by atoms with Crippen LogP contribution in [0.2, 0.25) is 0 Å². The predicted molar refractivity (Wildman–Crippen MR) is 65.8 cm³/mol. The van der Waals surface area contributed by atoms with Crippen molar-refractivity contribution in [3.05, 3.63) is 29.3 Å². The highest BCUT2D eigenvalue weighted by molar-refractivity contribution is 5.69. The largest absolute Gasteiger partial charge is 0.481 e. The van der Waals surface area contributed by atoms with Crippen molar-refractivity contribution in [2.45, 2.75) is 27.2 Å². The molecule has 1 unspecified atom stereocenters. The normalized spacial score (nSPS) is 12.2. The molecular weight excluding hydrogens is 202 g/mol. The van der Waals surface area contributed by atoms with Gasteiger partial charge in [0, 0.05) is 12.2 Å². The summed E-state index contributed by atoms with van der Waals surface area (Å²) in [6, 6.07) is 6.13. The van der Waals surface area contributed by atoms with E-state index in [0.717, 1.165) is 5.69 Å². The molecule has 0 aromatic heterocycles. The highest BCUT2D eigenvalue weighted by Crippen LogP contribution is 2.19. The number of rotatable bonds is 5. The van der Waals surface area contributed by atoms with Crippen LogP contribution < -0.4 is 5.32 Å². The van der Waals surface area contributed by atoms with Gasteiger partial charge in [-0.15, -0.1) is 0 Å². The summed E-state index contributed by atoms with van der Waals surface area (Å²) in [5, 5.41) is 12.1. The van der Waals surface area contributed by atoms with Crippen LogP contribution in [0.4, 0.5) is 5.69 Å². The zero-order chi connectivity index (χ0) is 12.1. The highest BCUT2D eigenvalue weighted by atomic mass is 16.4. The van der Waals surface area contributed by atoms with Gasteiger partial charge in [-0.25, -0.2) is 0 Å². The smallest absolute Gasteiger partial charge is 0.306 e. The van der Waals surface area contributed by atoms with Crippen LogP contribution >= 0.6 is 0 Å². The first-order chi connectivity index (χ1) is 7.52. The lowest BCUT2D eigenvalue weighted by atomic mass is 10.1. The Hall–Kier alpha value is -1.51. The summed E-state index contributed by atoms with van der Waals surface area (Å²) in [5.74, 6) is -1.03. The SMILES string of the molecule is Cc1cccc(C)c1NCCC(C)C(=O)O. The lowest BCUT2D eigenvalue weighted by Gasteiger charge is -2.13. The second-order valence-electron chi connectivity index (χ2n) is 4.22. The molecule has 16 heavy (non-hydrogen) atoms. The quantitative estimate of drug-likeness (QED) is 0.803. The van der Waals surface area contributed by atoms with Gasteiger partial charge >= 0.3 is 5.97 Å². The molecule has 3 heteroatoms. The maximum Gasteiger partial charge on any atom is 0.306 e. The fourth-order valence-electron chi connectivity index (χ4n) is 1.63. The number of nitrogens with one attached hydrogen (secondary N) is 1. The molecule has 0 amide bonds. The van der Waals surface area contributed by atoms with E-state index in [4.69, 9.17) is 5.11 Å². The van der Waals surface area contributed by atoms with Gasteiger partial charge in [-0.3, -0.25) is 4.79 Å². The highest BCUT2D eigenvalue weighted by Gasteiger charge is 2.10. The Labute approximate surface area is 96.5 Å². The number of aryl methyl sites for hydroxylation is 2. The minimum absolute atomic E-state index is 0.295. The lowest BCUT2D eigenvalue weighted by Crippen LogP contribution is -2.15. The number of benzene rings is 1. The van der Waals surface area contributed by atoms with E-state index < -0.39 is 5.97 Å². The molecule has 0 fully saturated rings. The number of hydrogen-bond acceptors (Lipinski definition) is 2. The van der Waals surface area contributed by atoms with E-state index in [1.807, 2.05) is 6.07 Å². The lowest BCUT2D eigenvalue weighted by molar-refractivity contribution is -0.141. The maximum atomic E-state index is 10.6. The van der Waals surface area contributed by atoms with Crippen LogP contribution in [0.1, 0.15) is 24.5 Å². The summed E-state index contributed by atoms with van der Waals surface area (Å²) in [6.07, 6.45) is 0.642. The number of carboxylic acid groups (broad SMARTS) is 1. The third-order valence-electron chi connectivity index (χ3n) is 2.78. The van der Waals surface area contributed by atoms with Crippen LogP contribution in [0.5, 0.6) is 0 Å². The zero-order valence-electron chi connectivity index (χ0n) is 10.1. The molecule has 0 bridgehead atoms. The fourth-order valence-corrected chi connectivity index (χ4v) is 1.63. The molecule has 88 valence electrons. The molecule has 1 atom stereocenters. The molecule has 0 spiro atoms. The Morgan fingerprint density at radius 1 is 1.38 bits per heavy atom. The predicted octanol–water partition coefficient (Wildman–Crippen LogP) is 2.83. The number of carboxylic acids is 1. The summed E-state index contributed by atoms with van der Waals surface area (Å²) < 4.78 is 0. The van der Waals surface area contributed by atoms with E-state index in [0.29, 0.717) is 13.0 Å². The van der Waals surface area contributed by atoms with E-state index in [1.165, 1.54) is 11.1 Å². The summed E-state index contributed by atoms with van der Waals surface area (Å²) in [4.78, 5) is 10.6. The molecule has 0 saturated heterocycles. The second-order valence-corrected chi connectivity index (χ2v) is 4.22. The number of aliphatic carboxylic acids is 1. The van der Waals surface area contributed by atoms with Crippen molar-refractivity contribution in [2.75, 3.05) is 11.9 Å². The Balaban J connectivity index is 2.52. The van der Waals surface area contributed by atoms with Crippen molar-refractivity contribution in [3.8, 4) is 0 Å². The average molecular weight is 221 g/mol. The maximum absolute atomic E-state index is 10.6. The second kappa shape index (κ2) is 5.54. The number of carbonyl (C=O) groups is 1. The summed E-state index contributed by atoms with van der Waals surface area (Å²) in [7, 11) is 0. The van der Waals surface area contributed by atoms with Crippen LogP contribution in [0.25, 0.3) is 0 Å². The number of anilines is 1. The molecule has 0 heterocycles. The van der Waals surface area contributed by atoms with E-state index in [9.17, 15) is 4.79 Å². The van der Waals surface area contributed by atoms with Gasteiger partial charge in [-0.2, -0.15) is 0 Å². The van der Waals surface area contributed by atoms with Crippen molar-refractivity contribution in [1.29, 1.82) is 0 Å². The van der Waals surface area contributed by atoms with Crippen molar-refractivity contribution in [2.24, 2.45) is 5.92 Å². The van der Waals surface area contributed by atoms with Crippen molar-refractivity contribution in [1.82, 2.24) is 0 Å². The van der Waals surface area contributed by atoms with E-state index in [-0.39, 0.29) is 5.92 Å². The summed E-state index contributed by atoms with van der Waals surface area (Å²) in [6.45, 7) is 6.53. The van der Waals surface area contributed by atoms with Crippen molar-refractivity contribution >= 4 is 11.7 Å². The fraction of sp³-hybridized carbons (Fsp3) is 0.462. The van der Waals surface area contributed by atoms with Crippen LogP contribution in [-0.2, 0) is 4.79 Å². The van der Waals surface area contributed by atoms with Crippen molar-refractivity contribution in [3.63, 3.8) is 0 Å². The Bertz CT molecular complexity index is 354. The monoisotopic (exact) mass is 221 g/mol. The number of para-hydroxylation sites is 1.